The van der Waals surface area contributed by atoms with Gasteiger partial charge in [-0.3, -0.25) is 0 Å². The number of ether oxygens (including phenoxy) is 1. The summed E-state index contributed by atoms with van der Waals surface area (Å²) in [5.41, 5.74) is 0. The standard InChI is InChI=1S/C12H23N3O2/c1-6-7-13-9(4)12-14-11(15-17-12)10(16-5)8(2)3/h8-10,13H,6-7H2,1-5H3. The molecule has 5 nitrogen and oxygen atoms in total. The van der Waals surface area contributed by atoms with Gasteiger partial charge in [0.05, 0.1) is 6.04 Å². The molecular weight excluding hydrogens is 218 g/mol. The third-order valence-corrected chi connectivity index (χ3v) is 2.64. The molecule has 1 heterocycles. The van der Waals surface area contributed by atoms with Crippen LogP contribution in [0.25, 0.3) is 0 Å². The minimum Gasteiger partial charge on any atom is -0.373 e. The summed E-state index contributed by atoms with van der Waals surface area (Å²) in [4.78, 5) is 4.39. The Balaban J connectivity index is 2.69. The Morgan fingerprint density at radius 1 is 1.35 bits per heavy atom. The Labute approximate surface area is 103 Å². The number of rotatable bonds is 7. The van der Waals surface area contributed by atoms with Gasteiger partial charge in [0.25, 0.3) is 0 Å². The molecule has 1 aromatic heterocycles. The molecule has 0 aliphatic carbocycles. The van der Waals surface area contributed by atoms with Crippen LogP contribution in [0.2, 0.25) is 0 Å². The Hall–Kier alpha value is -0.940. The molecule has 0 aliphatic heterocycles. The molecule has 17 heavy (non-hydrogen) atoms. The van der Waals surface area contributed by atoms with E-state index < -0.39 is 0 Å². The Morgan fingerprint density at radius 2 is 2.06 bits per heavy atom. The normalized spacial score (nSPS) is 15.2. The van der Waals surface area contributed by atoms with Gasteiger partial charge in [-0.1, -0.05) is 25.9 Å². The van der Waals surface area contributed by atoms with Crippen molar-refractivity contribution in [3.05, 3.63) is 11.7 Å². The van der Waals surface area contributed by atoms with Crippen molar-refractivity contribution in [1.29, 1.82) is 0 Å². The Kier molecular flexibility index (Phi) is 5.58. The van der Waals surface area contributed by atoms with Gasteiger partial charge in [0.2, 0.25) is 11.7 Å². The number of aromatic nitrogens is 2. The van der Waals surface area contributed by atoms with Crippen LogP contribution >= 0.6 is 0 Å². The summed E-state index contributed by atoms with van der Waals surface area (Å²) >= 11 is 0. The van der Waals surface area contributed by atoms with E-state index in [4.69, 9.17) is 9.26 Å². The minimum atomic E-state index is -0.106. The fraction of sp³-hybridized carbons (Fsp3) is 0.833. The lowest BCUT2D eigenvalue weighted by molar-refractivity contribution is 0.0555. The number of nitrogens with zero attached hydrogens (tertiary/aromatic N) is 2. The fourth-order valence-electron chi connectivity index (χ4n) is 1.66. The Bertz CT molecular complexity index is 325. The minimum absolute atomic E-state index is 0.0841. The largest absolute Gasteiger partial charge is 0.373 e. The average Bonchev–Trinajstić information content (AvgIpc) is 2.75. The average molecular weight is 241 g/mol. The van der Waals surface area contributed by atoms with Gasteiger partial charge in [-0.2, -0.15) is 4.98 Å². The molecule has 0 aliphatic rings. The van der Waals surface area contributed by atoms with Gasteiger partial charge in [0, 0.05) is 7.11 Å². The number of hydrogen-bond donors (Lipinski definition) is 1. The topological polar surface area (TPSA) is 60.2 Å². The second-order valence-corrected chi connectivity index (χ2v) is 4.57. The highest BCUT2D eigenvalue weighted by Gasteiger charge is 2.22. The number of hydrogen-bond acceptors (Lipinski definition) is 5. The third kappa shape index (κ3) is 3.78. The first-order valence-corrected chi connectivity index (χ1v) is 6.19. The highest BCUT2D eigenvalue weighted by molar-refractivity contribution is 4.95. The van der Waals surface area contributed by atoms with Gasteiger partial charge in [0.15, 0.2) is 0 Å². The first kappa shape index (κ1) is 14.1. The molecule has 1 rings (SSSR count). The van der Waals surface area contributed by atoms with Crippen LogP contribution in [0.3, 0.4) is 0 Å². The molecule has 0 saturated heterocycles. The maximum absolute atomic E-state index is 5.37. The molecule has 98 valence electrons. The summed E-state index contributed by atoms with van der Waals surface area (Å²) in [7, 11) is 1.67. The summed E-state index contributed by atoms with van der Waals surface area (Å²) in [6, 6.07) is 0.0841. The number of nitrogens with one attached hydrogen (secondary N) is 1. The SMILES string of the molecule is CCCNC(C)c1nc(C(OC)C(C)C)no1. The van der Waals surface area contributed by atoms with Crippen molar-refractivity contribution in [1.82, 2.24) is 15.5 Å². The molecule has 0 amide bonds. The summed E-state index contributed by atoms with van der Waals surface area (Å²) in [6.45, 7) is 9.23. The lowest BCUT2D eigenvalue weighted by Gasteiger charge is -2.14. The molecule has 0 saturated carbocycles. The molecule has 1 N–H and O–H groups in total. The van der Waals surface area contributed by atoms with Crippen LogP contribution in [0.1, 0.15) is 58.0 Å². The molecule has 2 atom stereocenters. The van der Waals surface area contributed by atoms with Crippen molar-refractivity contribution in [3.8, 4) is 0 Å². The van der Waals surface area contributed by atoms with Crippen molar-refractivity contribution in [2.75, 3.05) is 13.7 Å². The predicted molar refractivity (Wildman–Crippen MR) is 65.6 cm³/mol. The van der Waals surface area contributed by atoms with Crippen LogP contribution in [0.15, 0.2) is 4.52 Å². The molecule has 0 radical (unpaired) electrons. The van der Waals surface area contributed by atoms with Gasteiger partial charge in [0.1, 0.15) is 6.10 Å². The van der Waals surface area contributed by atoms with Gasteiger partial charge in [-0.15, -0.1) is 0 Å². The first-order chi connectivity index (χ1) is 8.10. The molecule has 0 spiro atoms. The summed E-state index contributed by atoms with van der Waals surface area (Å²) in [6.07, 6.45) is 0.976. The van der Waals surface area contributed by atoms with E-state index >= 15 is 0 Å². The van der Waals surface area contributed by atoms with Gasteiger partial charge in [-0.25, -0.2) is 0 Å². The van der Waals surface area contributed by atoms with E-state index in [-0.39, 0.29) is 12.1 Å². The zero-order valence-electron chi connectivity index (χ0n) is 11.4. The van der Waals surface area contributed by atoms with E-state index in [0.29, 0.717) is 17.6 Å². The van der Waals surface area contributed by atoms with E-state index in [9.17, 15) is 0 Å². The van der Waals surface area contributed by atoms with E-state index in [1.54, 1.807) is 7.11 Å². The van der Waals surface area contributed by atoms with Crippen LogP contribution in [-0.2, 0) is 4.74 Å². The molecular formula is C12H23N3O2. The fourth-order valence-corrected chi connectivity index (χ4v) is 1.66. The smallest absolute Gasteiger partial charge is 0.243 e. The lowest BCUT2D eigenvalue weighted by atomic mass is 10.1. The maximum Gasteiger partial charge on any atom is 0.243 e. The second-order valence-electron chi connectivity index (χ2n) is 4.57. The summed E-state index contributed by atoms with van der Waals surface area (Å²) in [5, 5.41) is 7.30. The van der Waals surface area contributed by atoms with Gasteiger partial charge >= 0.3 is 0 Å². The van der Waals surface area contributed by atoms with Crippen LogP contribution < -0.4 is 5.32 Å². The van der Waals surface area contributed by atoms with Crippen LogP contribution in [0, 0.1) is 5.92 Å². The Morgan fingerprint density at radius 3 is 2.59 bits per heavy atom. The monoisotopic (exact) mass is 241 g/mol. The maximum atomic E-state index is 5.37. The zero-order valence-corrected chi connectivity index (χ0v) is 11.4. The van der Waals surface area contributed by atoms with E-state index in [1.807, 2.05) is 6.92 Å². The predicted octanol–water partition coefficient (Wildman–Crippen LogP) is 2.47. The van der Waals surface area contributed by atoms with Crippen molar-refractivity contribution < 1.29 is 9.26 Å². The molecule has 1 aromatic rings. The van der Waals surface area contributed by atoms with Crippen molar-refractivity contribution in [2.24, 2.45) is 5.92 Å². The molecule has 5 heteroatoms. The van der Waals surface area contributed by atoms with Gasteiger partial charge in [-0.05, 0) is 25.8 Å². The van der Waals surface area contributed by atoms with Crippen LogP contribution in [0.4, 0.5) is 0 Å². The first-order valence-electron chi connectivity index (χ1n) is 6.19. The highest BCUT2D eigenvalue weighted by atomic mass is 16.5. The summed E-state index contributed by atoms with van der Waals surface area (Å²) in [5.74, 6) is 1.57. The third-order valence-electron chi connectivity index (χ3n) is 2.64. The van der Waals surface area contributed by atoms with Crippen molar-refractivity contribution in [2.45, 2.75) is 46.3 Å². The van der Waals surface area contributed by atoms with E-state index in [0.717, 1.165) is 13.0 Å². The molecule has 0 fully saturated rings. The second kappa shape index (κ2) is 6.71. The number of methoxy groups -OCH3 is 1. The van der Waals surface area contributed by atoms with E-state index in [2.05, 4.69) is 36.2 Å². The van der Waals surface area contributed by atoms with Gasteiger partial charge < -0.3 is 14.6 Å². The molecule has 0 aromatic carbocycles. The van der Waals surface area contributed by atoms with Crippen LogP contribution in [0.5, 0.6) is 0 Å². The molecule has 2 unspecified atom stereocenters. The highest BCUT2D eigenvalue weighted by Crippen LogP contribution is 2.23. The quantitative estimate of drug-likeness (QED) is 0.794. The lowest BCUT2D eigenvalue weighted by Crippen LogP contribution is -2.19. The van der Waals surface area contributed by atoms with Crippen molar-refractivity contribution >= 4 is 0 Å². The molecule has 0 bridgehead atoms. The van der Waals surface area contributed by atoms with Crippen molar-refractivity contribution in [3.63, 3.8) is 0 Å². The van der Waals surface area contributed by atoms with E-state index in [1.165, 1.54) is 0 Å². The van der Waals surface area contributed by atoms with Crippen LogP contribution in [-0.4, -0.2) is 23.8 Å². The zero-order chi connectivity index (χ0) is 12.8. The summed E-state index contributed by atoms with van der Waals surface area (Å²) < 4.78 is 10.6.